The van der Waals surface area contributed by atoms with Gasteiger partial charge in [-0.2, -0.15) is 5.26 Å². The van der Waals surface area contributed by atoms with Crippen molar-refractivity contribution in [1.29, 1.82) is 5.26 Å². The number of nitriles is 1. The Morgan fingerprint density at radius 3 is 2.48 bits per heavy atom. The van der Waals surface area contributed by atoms with Crippen LogP contribution in [0.15, 0.2) is 42.5 Å². The Morgan fingerprint density at radius 2 is 1.88 bits per heavy atom. The van der Waals surface area contributed by atoms with Gasteiger partial charge in [-0.25, -0.2) is 4.79 Å². The van der Waals surface area contributed by atoms with Crippen LogP contribution in [0.4, 0.5) is 5.69 Å². The fourth-order valence-electron chi connectivity index (χ4n) is 2.00. The Bertz CT molecular complexity index is 824. The maximum Gasteiger partial charge on any atom is 0.342 e. The third-order valence-electron chi connectivity index (χ3n) is 3.37. The van der Waals surface area contributed by atoms with Gasteiger partial charge in [-0.3, -0.25) is 4.79 Å². The normalized spacial score (nSPS) is 11.1. The Hall–Kier alpha value is -3.53. The van der Waals surface area contributed by atoms with E-state index >= 15 is 0 Å². The van der Waals surface area contributed by atoms with E-state index in [9.17, 15) is 14.7 Å². The second-order valence-corrected chi connectivity index (χ2v) is 5.08. The molecule has 0 bridgehead atoms. The first-order valence-corrected chi connectivity index (χ1v) is 7.34. The highest BCUT2D eigenvalue weighted by Crippen LogP contribution is 2.30. The van der Waals surface area contributed by atoms with Crippen molar-refractivity contribution in [3.05, 3.63) is 53.6 Å². The molecule has 0 aliphatic rings. The van der Waals surface area contributed by atoms with Gasteiger partial charge >= 0.3 is 5.97 Å². The van der Waals surface area contributed by atoms with Gasteiger partial charge in [-0.15, -0.1) is 0 Å². The molecular formula is C18H16N2O5. The van der Waals surface area contributed by atoms with Crippen LogP contribution in [-0.4, -0.2) is 30.2 Å². The first-order valence-electron chi connectivity index (χ1n) is 7.34. The number of methoxy groups -OCH3 is 1. The number of hydrogen-bond acceptors (Lipinski definition) is 6. The van der Waals surface area contributed by atoms with Crippen LogP contribution in [0.5, 0.6) is 11.5 Å². The van der Waals surface area contributed by atoms with Crippen molar-refractivity contribution in [2.24, 2.45) is 0 Å². The summed E-state index contributed by atoms with van der Waals surface area (Å²) in [5.74, 6) is -1.61. The zero-order chi connectivity index (χ0) is 18.4. The van der Waals surface area contributed by atoms with E-state index in [1.54, 1.807) is 24.3 Å². The molecule has 1 atom stereocenters. The monoisotopic (exact) mass is 340 g/mol. The largest absolute Gasteiger partial charge is 0.504 e. The molecule has 0 saturated heterocycles. The standard InChI is InChI=1S/C18H16N2O5/c1-11(17(22)20-13-8-6-12(10-19)7-9-13)25-18(23)14-4-3-5-15(24-2)16(14)21/h3-9,11,21H,1-2H3,(H,20,22). The minimum atomic E-state index is -1.09. The summed E-state index contributed by atoms with van der Waals surface area (Å²) in [6.07, 6.45) is -1.09. The third kappa shape index (κ3) is 4.26. The van der Waals surface area contributed by atoms with E-state index in [0.29, 0.717) is 11.3 Å². The molecule has 2 aromatic carbocycles. The van der Waals surface area contributed by atoms with E-state index in [2.05, 4.69) is 5.32 Å². The summed E-state index contributed by atoms with van der Waals surface area (Å²) in [4.78, 5) is 24.2. The smallest absolute Gasteiger partial charge is 0.342 e. The van der Waals surface area contributed by atoms with Gasteiger partial charge in [-0.1, -0.05) is 6.07 Å². The summed E-state index contributed by atoms with van der Waals surface area (Å²) < 4.78 is 10.0. The number of carbonyl (C=O) groups excluding carboxylic acids is 2. The summed E-state index contributed by atoms with van der Waals surface area (Å²) in [5.41, 5.74) is 0.833. The maximum atomic E-state index is 12.1. The number of ether oxygens (including phenoxy) is 2. The summed E-state index contributed by atoms with van der Waals surface area (Å²) in [5, 5.41) is 21.3. The SMILES string of the molecule is COc1cccc(C(=O)OC(C)C(=O)Nc2ccc(C#N)cc2)c1O. The van der Waals surface area contributed by atoms with Gasteiger partial charge in [0.2, 0.25) is 0 Å². The number of phenols is 1. The Kier molecular flexibility index (Phi) is 5.58. The number of phenolic OH excluding ortho intramolecular Hbond substituents is 1. The molecule has 2 rings (SSSR count). The second-order valence-electron chi connectivity index (χ2n) is 5.08. The number of para-hydroxylation sites is 1. The van der Waals surface area contributed by atoms with Crippen molar-refractivity contribution in [2.75, 3.05) is 12.4 Å². The molecule has 7 nitrogen and oxygen atoms in total. The Balaban J connectivity index is 2.03. The lowest BCUT2D eigenvalue weighted by Crippen LogP contribution is -2.30. The van der Waals surface area contributed by atoms with Crippen molar-refractivity contribution >= 4 is 17.6 Å². The number of hydrogen-bond donors (Lipinski definition) is 2. The lowest BCUT2D eigenvalue weighted by Gasteiger charge is -2.14. The van der Waals surface area contributed by atoms with Crippen molar-refractivity contribution in [3.63, 3.8) is 0 Å². The fourth-order valence-corrected chi connectivity index (χ4v) is 2.00. The molecule has 1 unspecified atom stereocenters. The van der Waals surface area contributed by atoms with E-state index in [1.807, 2.05) is 6.07 Å². The van der Waals surface area contributed by atoms with E-state index in [-0.39, 0.29) is 17.1 Å². The molecule has 128 valence electrons. The highest BCUT2D eigenvalue weighted by molar-refractivity contribution is 5.98. The van der Waals surface area contributed by atoms with Crippen molar-refractivity contribution in [2.45, 2.75) is 13.0 Å². The van der Waals surface area contributed by atoms with Crippen molar-refractivity contribution < 1.29 is 24.2 Å². The number of nitrogens with one attached hydrogen (secondary N) is 1. The van der Waals surface area contributed by atoms with Crippen LogP contribution in [0, 0.1) is 11.3 Å². The van der Waals surface area contributed by atoms with Gasteiger partial charge in [-0.05, 0) is 43.3 Å². The summed E-state index contributed by atoms with van der Waals surface area (Å²) in [6.45, 7) is 1.41. The average molecular weight is 340 g/mol. The van der Waals surface area contributed by atoms with Gasteiger partial charge < -0.3 is 19.9 Å². The molecule has 1 amide bonds. The fraction of sp³-hybridized carbons (Fsp3) is 0.167. The van der Waals surface area contributed by atoms with E-state index in [4.69, 9.17) is 14.7 Å². The summed E-state index contributed by atoms with van der Waals surface area (Å²) in [7, 11) is 1.36. The third-order valence-corrected chi connectivity index (χ3v) is 3.37. The molecule has 0 heterocycles. The van der Waals surface area contributed by atoms with Crippen LogP contribution in [0.25, 0.3) is 0 Å². The minimum absolute atomic E-state index is 0.0997. The Labute approximate surface area is 144 Å². The second kappa shape index (κ2) is 7.84. The number of aromatic hydroxyl groups is 1. The lowest BCUT2D eigenvalue weighted by atomic mass is 10.2. The van der Waals surface area contributed by atoms with Gasteiger partial charge in [0.15, 0.2) is 17.6 Å². The zero-order valence-corrected chi connectivity index (χ0v) is 13.6. The number of rotatable bonds is 5. The first kappa shape index (κ1) is 17.8. The molecule has 0 fully saturated rings. The van der Waals surface area contributed by atoms with Crippen molar-refractivity contribution in [3.8, 4) is 17.6 Å². The number of esters is 1. The van der Waals surface area contributed by atoms with Crippen LogP contribution in [-0.2, 0) is 9.53 Å². The van der Waals surface area contributed by atoms with Crippen molar-refractivity contribution in [1.82, 2.24) is 0 Å². The first-order chi connectivity index (χ1) is 12.0. The van der Waals surface area contributed by atoms with Gasteiger partial charge in [0.05, 0.1) is 18.7 Å². The molecule has 0 saturated carbocycles. The highest BCUT2D eigenvalue weighted by Gasteiger charge is 2.22. The molecular weight excluding hydrogens is 324 g/mol. The molecule has 25 heavy (non-hydrogen) atoms. The van der Waals surface area contributed by atoms with E-state index in [1.165, 1.54) is 32.2 Å². The summed E-state index contributed by atoms with van der Waals surface area (Å²) in [6, 6.07) is 12.6. The molecule has 0 aliphatic carbocycles. The number of amides is 1. The molecule has 2 aromatic rings. The zero-order valence-electron chi connectivity index (χ0n) is 13.6. The molecule has 0 spiro atoms. The number of nitrogens with zero attached hydrogens (tertiary/aromatic N) is 1. The van der Waals surface area contributed by atoms with Gasteiger partial charge in [0.25, 0.3) is 5.91 Å². The highest BCUT2D eigenvalue weighted by atomic mass is 16.5. The number of benzene rings is 2. The molecule has 2 N–H and O–H groups in total. The number of carbonyl (C=O) groups is 2. The van der Waals surface area contributed by atoms with Crippen LogP contribution >= 0.6 is 0 Å². The lowest BCUT2D eigenvalue weighted by molar-refractivity contribution is -0.123. The predicted octanol–water partition coefficient (Wildman–Crippen LogP) is 2.46. The Morgan fingerprint density at radius 1 is 1.20 bits per heavy atom. The minimum Gasteiger partial charge on any atom is -0.504 e. The van der Waals surface area contributed by atoms with Gasteiger partial charge in [0, 0.05) is 5.69 Å². The van der Waals surface area contributed by atoms with Crippen LogP contribution in [0.2, 0.25) is 0 Å². The molecule has 0 radical (unpaired) electrons. The van der Waals surface area contributed by atoms with Crippen LogP contribution in [0.3, 0.4) is 0 Å². The summed E-state index contributed by atoms with van der Waals surface area (Å²) >= 11 is 0. The van der Waals surface area contributed by atoms with Crippen LogP contribution in [0.1, 0.15) is 22.8 Å². The topological polar surface area (TPSA) is 109 Å². The molecule has 0 aliphatic heterocycles. The predicted molar refractivity (Wildman–Crippen MR) is 89.3 cm³/mol. The molecule has 0 aromatic heterocycles. The maximum absolute atomic E-state index is 12.1. The molecule has 7 heteroatoms. The van der Waals surface area contributed by atoms with E-state index < -0.39 is 18.0 Å². The van der Waals surface area contributed by atoms with E-state index in [0.717, 1.165) is 0 Å². The van der Waals surface area contributed by atoms with Gasteiger partial charge in [0.1, 0.15) is 5.56 Å². The quantitative estimate of drug-likeness (QED) is 0.809. The van der Waals surface area contributed by atoms with Crippen LogP contribution < -0.4 is 10.1 Å². The number of anilines is 1. The average Bonchev–Trinajstić information content (AvgIpc) is 2.62.